The van der Waals surface area contributed by atoms with Crippen LogP contribution in [0.15, 0.2) is 18.2 Å². The molecule has 0 spiro atoms. The summed E-state index contributed by atoms with van der Waals surface area (Å²) >= 11 is 1.72. The number of hydrogen-bond donors (Lipinski definition) is 1. The van der Waals surface area contributed by atoms with Crippen LogP contribution in [0.1, 0.15) is 5.56 Å². The molecule has 0 saturated carbocycles. The van der Waals surface area contributed by atoms with Gasteiger partial charge in [0.2, 0.25) is 0 Å². The summed E-state index contributed by atoms with van der Waals surface area (Å²) < 4.78 is 6.30. The average Bonchev–Trinajstić information content (AvgIpc) is 2.78. The maximum Gasteiger partial charge on any atom is 0.183 e. The molecule has 1 aromatic carbocycles. The largest absolute Gasteiger partial charge is 0.383 e. The molecule has 1 heterocycles. The van der Waals surface area contributed by atoms with E-state index in [0.717, 1.165) is 36.9 Å². The number of likely N-dealkylation sites (N-methyl/N-ethyl adjacent to an activating group) is 1. The Kier molecular flexibility index (Phi) is 5.13. The Labute approximate surface area is 118 Å². The van der Waals surface area contributed by atoms with Crippen molar-refractivity contribution in [1.29, 1.82) is 0 Å². The molecule has 2 rings (SSSR count). The Bertz CT molecular complexity index is 526. The van der Waals surface area contributed by atoms with Crippen LogP contribution in [-0.2, 0) is 4.74 Å². The molecule has 0 radical (unpaired) electrons. The van der Waals surface area contributed by atoms with Gasteiger partial charge in [-0.25, -0.2) is 4.98 Å². The number of hydrogen-bond acceptors (Lipinski definition) is 5. The monoisotopic (exact) mass is 279 g/mol. The summed E-state index contributed by atoms with van der Waals surface area (Å²) in [5, 5.41) is 4.39. The fraction of sp³-hybridized carbons (Fsp3) is 0.500. The Morgan fingerprint density at radius 2 is 2.21 bits per heavy atom. The lowest BCUT2D eigenvalue weighted by Gasteiger charge is -2.15. The van der Waals surface area contributed by atoms with Crippen molar-refractivity contribution in [1.82, 2.24) is 9.88 Å². The minimum absolute atomic E-state index is 0.775. The third-order valence-corrected chi connectivity index (χ3v) is 3.97. The summed E-state index contributed by atoms with van der Waals surface area (Å²) in [5.41, 5.74) is 2.35. The van der Waals surface area contributed by atoms with Crippen LogP contribution in [0.4, 0.5) is 5.13 Å². The van der Waals surface area contributed by atoms with Crippen molar-refractivity contribution < 1.29 is 4.74 Å². The Hall–Kier alpha value is -1.17. The molecule has 1 N–H and O–H groups in total. The van der Waals surface area contributed by atoms with Crippen LogP contribution in [0.5, 0.6) is 0 Å². The molecule has 0 aliphatic carbocycles. The third-order valence-electron chi connectivity index (χ3n) is 2.99. The number of rotatable bonds is 7. The number of methoxy groups -OCH3 is 1. The molecule has 0 aliphatic heterocycles. The standard InChI is InChI=1S/C14H21N3OS/c1-11-4-5-12-13(10-11)19-14(16-12)15-6-7-17(2)8-9-18-3/h4-5,10H,6-9H2,1-3H3,(H,15,16). The molecule has 0 aliphatic rings. The summed E-state index contributed by atoms with van der Waals surface area (Å²) in [6, 6.07) is 6.37. The first-order chi connectivity index (χ1) is 9.19. The van der Waals surface area contributed by atoms with Crippen LogP contribution in [0.2, 0.25) is 0 Å². The van der Waals surface area contributed by atoms with Crippen molar-refractivity contribution in [3.05, 3.63) is 23.8 Å². The smallest absolute Gasteiger partial charge is 0.183 e. The topological polar surface area (TPSA) is 37.4 Å². The predicted molar refractivity (Wildman–Crippen MR) is 82.2 cm³/mol. The molecular formula is C14H21N3OS. The van der Waals surface area contributed by atoms with Crippen LogP contribution in [0.25, 0.3) is 10.2 Å². The number of ether oxygens (including phenoxy) is 1. The van der Waals surface area contributed by atoms with Crippen molar-refractivity contribution in [2.24, 2.45) is 0 Å². The highest BCUT2D eigenvalue weighted by Crippen LogP contribution is 2.26. The van der Waals surface area contributed by atoms with Crippen LogP contribution >= 0.6 is 11.3 Å². The van der Waals surface area contributed by atoms with Gasteiger partial charge in [-0.15, -0.1) is 0 Å². The molecule has 0 atom stereocenters. The fourth-order valence-electron chi connectivity index (χ4n) is 1.82. The van der Waals surface area contributed by atoms with Gasteiger partial charge in [0, 0.05) is 26.7 Å². The molecule has 0 bridgehead atoms. The zero-order valence-electron chi connectivity index (χ0n) is 11.8. The normalized spacial score (nSPS) is 11.4. The third kappa shape index (κ3) is 4.16. The van der Waals surface area contributed by atoms with Crippen molar-refractivity contribution in [3.63, 3.8) is 0 Å². The van der Waals surface area contributed by atoms with E-state index in [-0.39, 0.29) is 0 Å². The quantitative estimate of drug-likeness (QED) is 0.845. The van der Waals surface area contributed by atoms with E-state index in [2.05, 4.69) is 47.4 Å². The van der Waals surface area contributed by atoms with E-state index >= 15 is 0 Å². The van der Waals surface area contributed by atoms with Crippen molar-refractivity contribution >= 4 is 26.7 Å². The van der Waals surface area contributed by atoms with Crippen LogP contribution < -0.4 is 5.32 Å². The van der Waals surface area contributed by atoms with E-state index in [9.17, 15) is 0 Å². The molecule has 104 valence electrons. The SMILES string of the molecule is COCCN(C)CCNc1nc2ccc(C)cc2s1. The first kappa shape index (κ1) is 14.2. The van der Waals surface area contributed by atoms with Crippen LogP contribution in [0.3, 0.4) is 0 Å². The summed E-state index contributed by atoms with van der Waals surface area (Å²) in [5.74, 6) is 0. The first-order valence-corrected chi connectivity index (χ1v) is 7.29. The molecule has 1 aromatic heterocycles. The van der Waals surface area contributed by atoms with Gasteiger partial charge in [-0.3, -0.25) is 0 Å². The Balaban J connectivity index is 1.84. The van der Waals surface area contributed by atoms with Crippen LogP contribution in [-0.4, -0.2) is 50.3 Å². The summed E-state index contributed by atoms with van der Waals surface area (Å²) in [6.07, 6.45) is 0. The lowest BCUT2D eigenvalue weighted by Crippen LogP contribution is -2.28. The molecule has 19 heavy (non-hydrogen) atoms. The van der Waals surface area contributed by atoms with E-state index in [1.54, 1.807) is 18.4 Å². The highest BCUT2D eigenvalue weighted by molar-refractivity contribution is 7.22. The van der Waals surface area contributed by atoms with E-state index in [1.807, 2.05) is 0 Å². The molecule has 0 fully saturated rings. The predicted octanol–water partition coefficient (Wildman–Crippen LogP) is 2.59. The lowest BCUT2D eigenvalue weighted by atomic mass is 10.2. The highest BCUT2D eigenvalue weighted by Gasteiger charge is 2.04. The number of nitrogens with one attached hydrogen (secondary N) is 1. The van der Waals surface area contributed by atoms with Gasteiger partial charge < -0.3 is 15.0 Å². The zero-order chi connectivity index (χ0) is 13.7. The highest BCUT2D eigenvalue weighted by atomic mass is 32.1. The van der Waals surface area contributed by atoms with Gasteiger partial charge >= 0.3 is 0 Å². The Morgan fingerprint density at radius 1 is 1.37 bits per heavy atom. The minimum Gasteiger partial charge on any atom is -0.383 e. The van der Waals surface area contributed by atoms with E-state index in [1.165, 1.54) is 10.3 Å². The maximum absolute atomic E-state index is 5.06. The fourth-order valence-corrected chi connectivity index (χ4v) is 2.81. The molecule has 0 unspecified atom stereocenters. The second kappa shape index (κ2) is 6.84. The van der Waals surface area contributed by atoms with Gasteiger partial charge in [-0.05, 0) is 31.7 Å². The average molecular weight is 279 g/mol. The number of anilines is 1. The second-order valence-electron chi connectivity index (χ2n) is 4.71. The van der Waals surface area contributed by atoms with Gasteiger partial charge in [0.25, 0.3) is 0 Å². The zero-order valence-corrected chi connectivity index (χ0v) is 12.6. The molecular weight excluding hydrogens is 258 g/mol. The molecule has 4 nitrogen and oxygen atoms in total. The summed E-state index contributed by atoms with van der Waals surface area (Å²) in [4.78, 5) is 6.82. The minimum atomic E-state index is 0.775. The second-order valence-corrected chi connectivity index (χ2v) is 5.74. The van der Waals surface area contributed by atoms with E-state index < -0.39 is 0 Å². The van der Waals surface area contributed by atoms with Gasteiger partial charge in [0.05, 0.1) is 16.8 Å². The van der Waals surface area contributed by atoms with E-state index in [4.69, 9.17) is 4.74 Å². The van der Waals surface area contributed by atoms with Gasteiger partial charge in [0.15, 0.2) is 5.13 Å². The number of aryl methyl sites for hydroxylation is 1. The molecule has 0 saturated heterocycles. The number of nitrogens with zero attached hydrogens (tertiary/aromatic N) is 2. The number of fused-ring (bicyclic) bond motifs is 1. The molecule has 2 aromatic rings. The molecule has 5 heteroatoms. The van der Waals surface area contributed by atoms with Crippen molar-refractivity contribution in [2.45, 2.75) is 6.92 Å². The summed E-state index contributed by atoms with van der Waals surface area (Å²) in [6.45, 7) is 5.72. The van der Waals surface area contributed by atoms with E-state index in [0.29, 0.717) is 0 Å². The van der Waals surface area contributed by atoms with Crippen molar-refractivity contribution in [2.75, 3.05) is 45.7 Å². The number of thiazole rings is 1. The van der Waals surface area contributed by atoms with Crippen molar-refractivity contribution in [3.8, 4) is 0 Å². The van der Waals surface area contributed by atoms with Gasteiger partial charge in [0.1, 0.15) is 0 Å². The first-order valence-electron chi connectivity index (χ1n) is 6.47. The maximum atomic E-state index is 5.06. The summed E-state index contributed by atoms with van der Waals surface area (Å²) in [7, 11) is 3.83. The number of aromatic nitrogens is 1. The number of benzene rings is 1. The Morgan fingerprint density at radius 3 is 3.00 bits per heavy atom. The van der Waals surface area contributed by atoms with Gasteiger partial charge in [-0.1, -0.05) is 17.4 Å². The molecule has 0 amide bonds. The lowest BCUT2D eigenvalue weighted by molar-refractivity contribution is 0.163. The van der Waals surface area contributed by atoms with Crippen LogP contribution in [0, 0.1) is 6.92 Å². The van der Waals surface area contributed by atoms with Gasteiger partial charge in [-0.2, -0.15) is 0 Å².